The Hall–Kier alpha value is -2.15. The summed E-state index contributed by atoms with van der Waals surface area (Å²) in [5, 5.41) is 0. The molecule has 0 N–H and O–H groups in total. The summed E-state index contributed by atoms with van der Waals surface area (Å²) in [7, 11) is 1.57. The Bertz CT molecular complexity index is 589. The monoisotopic (exact) mass is 347 g/mol. The van der Waals surface area contributed by atoms with Crippen LogP contribution in [0.5, 0.6) is 5.75 Å². The minimum atomic E-state index is -0.441. The molecule has 136 valence electrons. The third-order valence-corrected chi connectivity index (χ3v) is 4.74. The van der Waals surface area contributed by atoms with Crippen molar-refractivity contribution < 1.29 is 19.1 Å². The Morgan fingerprint density at radius 2 is 2.12 bits per heavy atom. The van der Waals surface area contributed by atoms with E-state index in [0.717, 1.165) is 25.9 Å². The van der Waals surface area contributed by atoms with Crippen molar-refractivity contribution in [1.29, 1.82) is 0 Å². The number of carbonyl (C=O) groups excluding carboxylic acids is 2. The van der Waals surface area contributed by atoms with Crippen LogP contribution in [0, 0.1) is 0 Å². The molecule has 0 saturated carbocycles. The molecule has 2 aliphatic rings. The van der Waals surface area contributed by atoms with Crippen molar-refractivity contribution in [3.63, 3.8) is 0 Å². The van der Waals surface area contributed by atoms with Gasteiger partial charge in [0.25, 0.3) is 0 Å². The second-order valence-electron chi connectivity index (χ2n) is 6.50. The predicted octanol–water partition coefficient (Wildman–Crippen LogP) is 1.09. The van der Waals surface area contributed by atoms with Crippen molar-refractivity contribution >= 4 is 11.8 Å². The molecule has 7 nitrogen and oxygen atoms in total. The molecular formula is C18H25N3O4. The molecule has 1 aromatic heterocycles. The lowest BCUT2D eigenvalue weighted by molar-refractivity contribution is -0.143. The summed E-state index contributed by atoms with van der Waals surface area (Å²) in [6.07, 6.45) is 5.99. The summed E-state index contributed by atoms with van der Waals surface area (Å²) in [6, 6.07) is 3.20. The number of pyridine rings is 1. The number of ether oxygens (including phenoxy) is 2. The van der Waals surface area contributed by atoms with Crippen molar-refractivity contribution in [3.8, 4) is 5.75 Å². The molecule has 2 aliphatic heterocycles. The van der Waals surface area contributed by atoms with Crippen LogP contribution in [-0.4, -0.2) is 72.1 Å². The molecule has 3 heterocycles. The number of amides is 2. The smallest absolute Gasteiger partial charge is 0.245 e. The standard InChI is InChI=1S/C18H25N3O4/c1-24-10-6-17(22)21-13-15(25-14-5-4-7-19-12-14)11-16(21)18(23)20-8-2-3-9-20/h4-5,7,12,15-16H,2-3,6,8-11,13H2,1H3/t15-,16-/m0/s1. The summed E-state index contributed by atoms with van der Waals surface area (Å²) in [4.78, 5) is 33.0. The summed E-state index contributed by atoms with van der Waals surface area (Å²) in [5.41, 5.74) is 0. The van der Waals surface area contributed by atoms with E-state index in [1.54, 1.807) is 30.5 Å². The first-order chi connectivity index (χ1) is 12.2. The van der Waals surface area contributed by atoms with Crippen molar-refractivity contribution in [1.82, 2.24) is 14.8 Å². The second kappa shape index (κ2) is 8.29. The quantitative estimate of drug-likeness (QED) is 0.770. The van der Waals surface area contributed by atoms with Crippen molar-refractivity contribution in [2.24, 2.45) is 0 Å². The Balaban J connectivity index is 1.70. The van der Waals surface area contributed by atoms with Crippen molar-refractivity contribution in [2.45, 2.75) is 37.8 Å². The SMILES string of the molecule is COCCC(=O)N1C[C@@H](Oc2cccnc2)C[C@H]1C(=O)N1CCCC1. The third kappa shape index (κ3) is 4.28. The molecule has 0 bridgehead atoms. The van der Waals surface area contributed by atoms with Crippen LogP contribution >= 0.6 is 0 Å². The number of carbonyl (C=O) groups is 2. The van der Waals surface area contributed by atoms with E-state index in [0.29, 0.717) is 25.3 Å². The fraction of sp³-hybridized carbons (Fsp3) is 0.611. The molecule has 3 rings (SSSR count). The molecule has 0 aliphatic carbocycles. The van der Waals surface area contributed by atoms with Crippen molar-refractivity contribution in [2.75, 3.05) is 33.4 Å². The van der Waals surface area contributed by atoms with Gasteiger partial charge in [-0.15, -0.1) is 0 Å². The maximum atomic E-state index is 12.9. The molecule has 2 fully saturated rings. The summed E-state index contributed by atoms with van der Waals surface area (Å²) >= 11 is 0. The lowest BCUT2D eigenvalue weighted by Gasteiger charge is -2.27. The number of likely N-dealkylation sites (tertiary alicyclic amines) is 2. The second-order valence-corrected chi connectivity index (χ2v) is 6.50. The van der Waals surface area contributed by atoms with Gasteiger partial charge in [0.05, 0.1) is 25.8 Å². The van der Waals surface area contributed by atoms with E-state index in [-0.39, 0.29) is 24.3 Å². The zero-order chi connectivity index (χ0) is 17.6. The van der Waals surface area contributed by atoms with Crippen LogP contribution in [-0.2, 0) is 14.3 Å². The molecule has 1 aromatic rings. The van der Waals surface area contributed by atoms with Crippen LogP contribution in [0.4, 0.5) is 0 Å². The van der Waals surface area contributed by atoms with Gasteiger partial charge in [-0.3, -0.25) is 14.6 Å². The van der Waals surface area contributed by atoms with E-state index in [1.165, 1.54) is 0 Å². The molecule has 2 atom stereocenters. The van der Waals surface area contributed by atoms with Gasteiger partial charge in [0.1, 0.15) is 17.9 Å². The lowest BCUT2D eigenvalue weighted by Crippen LogP contribution is -2.47. The lowest BCUT2D eigenvalue weighted by atomic mass is 10.1. The van der Waals surface area contributed by atoms with Gasteiger partial charge in [-0.05, 0) is 25.0 Å². The maximum Gasteiger partial charge on any atom is 0.245 e. The molecule has 0 aromatic carbocycles. The zero-order valence-corrected chi connectivity index (χ0v) is 14.6. The number of methoxy groups -OCH3 is 1. The Morgan fingerprint density at radius 1 is 1.32 bits per heavy atom. The summed E-state index contributed by atoms with van der Waals surface area (Å²) < 4.78 is 11.0. The van der Waals surface area contributed by atoms with E-state index in [1.807, 2.05) is 11.0 Å². The number of hydrogen-bond acceptors (Lipinski definition) is 5. The number of rotatable bonds is 6. The molecule has 7 heteroatoms. The van der Waals surface area contributed by atoms with Gasteiger partial charge in [0.15, 0.2) is 0 Å². The Morgan fingerprint density at radius 3 is 2.80 bits per heavy atom. The number of aromatic nitrogens is 1. The first kappa shape index (κ1) is 17.7. The number of nitrogens with zero attached hydrogens (tertiary/aromatic N) is 3. The van der Waals surface area contributed by atoms with Crippen LogP contribution in [0.1, 0.15) is 25.7 Å². The minimum Gasteiger partial charge on any atom is -0.487 e. The van der Waals surface area contributed by atoms with Gasteiger partial charge in [-0.1, -0.05) is 0 Å². The zero-order valence-electron chi connectivity index (χ0n) is 14.6. The van der Waals surface area contributed by atoms with E-state index >= 15 is 0 Å². The summed E-state index contributed by atoms with van der Waals surface area (Å²) in [6.45, 7) is 2.34. The van der Waals surface area contributed by atoms with Crippen LogP contribution in [0.2, 0.25) is 0 Å². The third-order valence-electron chi connectivity index (χ3n) is 4.74. The molecule has 2 amide bonds. The highest BCUT2D eigenvalue weighted by molar-refractivity contribution is 5.88. The molecule has 0 spiro atoms. The Labute approximate surface area is 147 Å². The average Bonchev–Trinajstić information content (AvgIpc) is 3.30. The van der Waals surface area contributed by atoms with Crippen LogP contribution in [0.25, 0.3) is 0 Å². The highest BCUT2D eigenvalue weighted by Crippen LogP contribution is 2.26. The topological polar surface area (TPSA) is 72.0 Å². The van der Waals surface area contributed by atoms with E-state index < -0.39 is 6.04 Å². The Kier molecular flexibility index (Phi) is 5.86. The van der Waals surface area contributed by atoms with Crippen molar-refractivity contribution in [3.05, 3.63) is 24.5 Å². The normalized spacial score (nSPS) is 23.1. The summed E-state index contributed by atoms with van der Waals surface area (Å²) in [5.74, 6) is 0.642. The average molecular weight is 347 g/mol. The van der Waals surface area contributed by atoms with Crippen LogP contribution < -0.4 is 4.74 Å². The first-order valence-corrected chi connectivity index (χ1v) is 8.83. The predicted molar refractivity (Wildman–Crippen MR) is 91.1 cm³/mol. The molecule has 0 radical (unpaired) electrons. The van der Waals surface area contributed by atoms with Gasteiger partial charge in [-0.25, -0.2) is 0 Å². The molecular weight excluding hydrogens is 322 g/mol. The van der Waals surface area contributed by atoms with Gasteiger partial charge in [-0.2, -0.15) is 0 Å². The highest BCUT2D eigenvalue weighted by atomic mass is 16.5. The van der Waals surface area contributed by atoms with E-state index in [4.69, 9.17) is 9.47 Å². The maximum absolute atomic E-state index is 12.9. The van der Waals surface area contributed by atoms with Crippen LogP contribution in [0.15, 0.2) is 24.5 Å². The first-order valence-electron chi connectivity index (χ1n) is 8.83. The van der Waals surface area contributed by atoms with Gasteiger partial charge < -0.3 is 19.3 Å². The molecule has 25 heavy (non-hydrogen) atoms. The van der Waals surface area contributed by atoms with E-state index in [2.05, 4.69) is 4.98 Å². The fourth-order valence-electron chi connectivity index (χ4n) is 3.48. The minimum absolute atomic E-state index is 0.0422. The van der Waals surface area contributed by atoms with Gasteiger partial charge in [0.2, 0.25) is 11.8 Å². The van der Waals surface area contributed by atoms with Gasteiger partial charge >= 0.3 is 0 Å². The molecule has 0 unspecified atom stereocenters. The van der Waals surface area contributed by atoms with Gasteiger partial charge in [0, 0.05) is 32.8 Å². The number of hydrogen-bond donors (Lipinski definition) is 0. The highest BCUT2D eigenvalue weighted by Gasteiger charge is 2.42. The fourth-order valence-corrected chi connectivity index (χ4v) is 3.48. The molecule has 2 saturated heterocycles. The van der Waals surface area contributed by atoms with Crippen LogP contribution in [0.3, 0.4) is 0 Å². The van der Waals surface area contributed by atoms with E-state index in [9.17, 15) is 9.59 Å². The largest absolute Gasteiger partial charge is 0.487 e.